The third-order valence-electron chi connectivity index (χ3n) is 4.96. The second kappa shape index (κ2) is 7.78. The molecule has 134 valence electrons. The predicted molar refractivity (Wildman–Crippen MR) is 94.8 cm³/mol. The Morgan fingerprint density at radius 1 is 1.36 bits per heavy atom. The van der Waals surface area contributed by atoms with E-state index >= 15 is 0 Å². The summed E-state index contributed by atoms with van der Waals surface area (Å²) in [6.45, 7) is 8.48. The van der Waals surface area contributed by atoms with Crippen molar-refractivity contribution in [3.63, 3.8) is 0 Å². The van der Waals surface area contributed by atoms with Crippen molar-refractivity contribution in [2.75, 3.05) is 26.2 Å². The van der Waals surface area contributed by atoms with E-state index in [0.29, 0.717) is 18.7 Å². The average Bonchev–Trinajstić information content (AvgIpc) is 3.10. The van der Waals surface area contributed by atoms with Gasteiger partial charge in [-0.15, -0.1) is 0 Å². The Hall–Kier alpha value is -2.21. The molecule has 2 heterocycles. The minimum absolute atomic E-state index is 0.125. The lowest BCUT2D eigenvalue weighted by Gasteiger charge is -2.35. The van der Waals surface area contributed by atoms with Crippen LogP contribution in [0, 0.1) is 5.82 Å². The molecule has 1 amide bonds. The van der Waals surface area contributed by atoms with E-state index in [0.717, 1.165) is 31.7 Å². The fourth-order valence-electron chi connectivity index (χ4n) is 3.45. The SMILES string of the molecule is CCN(CC)CCC1CN(C(=O)c2cccc(F)c2)Cc2cncn21. The van der Waals surface area contributed by atoms with E-state index in [1.807, 2.05) is 12.5 Å². The summed E-state index contributed by atoms with van der Waals surface area (Å²) in [6.07, 6.45) is 4.62. The summed E-state index contributed by atoms with van der Waals surface area (Å²) in [5.41, 5.74) is 1.43. The van der Waals surface area contributed by atoms with Crippen molar-refractivity contribution in [1.82, 2.24) is 19.4 Å². The number of nitrogens with zero attached hydrogens (tertiary/aromatic N) is 4. The van der Waals surface area contributed by atoms with Gasteiger partial charge in [0.15, 0.2) is 0 Å². The Bertz CT molecular complexity index is 726. The molecule has 25 heavy (non-hydrogen) atoms. The van der Waals surface area contributed by atoms with Crippen LogP contribution in [0.2, 0.25) is 0 Å². The summed E-state index contributed by atoms with van der Waals surface area (Å²) in [6, 6.07) is 6.11. The number of imidazole rings is 1. The summed E-state index contributed by atoms with van der Waals surface area (Å²) in [4.78, 5) is 21.2. The van der Waals surface area contributed by atoms with E-state index < -0.39 is 0 Å². The van der Waals surface area contributed by atoms with Gasteiger partial charge in [-0.2, -0.15) is 0 Å². The highest BCUT2D eigenvalue weighted by molar-refractivity contribution is 5.94. The zero-order chi connectivity index (χ0) is 17.8. The molecule has 0 aliphatic carbocycles. The standard InChI is InChI=1S/C19H25FN4O/c1-3-22(4-2)9-8-17-12-23(13-18-11-21-14-24(17)18)19(25)15-6-5-7-16(20)10-15/h5-7,10-11,14,17H,3-4,8-9,12-13H2,1-2H3. The lowest BCUT2D eigenvalue weighted by molar-refractivity contribution is 0.0667. The highest BCUT2D eigenvalue weighted by Crippen LogP contribution is 2.25. The fourth-order valence-corrected chi connectivity index (χ4v) is 3.45. The smallest absolute Gasteiger partial charge is 0.254 e. The number of halogens is 1. The summed E-state index contributed by atoms with van der Waals surface area (Å²) < 4.78 is 15.6. The molecule has 1 atom stereocenters. The van der Waals surface area contributed by atoms with Crippen LogP contribution in [0.4, 0.5) is 4.39 Å². The molecule has 0 saturated heterocycles. The molecular formula is C19H25FN4O. The Kier molecular flexibility index (Phi) is 5.48. The first-order valence-corrected chi connectivity index (χ1v) is 8.90. The van der Waals surface area contributed by atoms with Crippen LogP contribution >= 0.6 is 0 Å². The van der Waals surface area contributed by atoms with E-state index in [1.165, 1.54) is 12.1 Å². The normalized spacial score (nSPS) is 17.0. The van der Waals surface area contributed by atoms with E-state index in [9.17, 15) is 9.18 Å². The highest BCUT2D eigenvalue weighted by Gasteiger charge is 2.28. The van der Waals surface area contributed by atoms with Gasteiger partial charge in [-0.3, -0.25) is 4.79 Å². The molecule has 1 aromatic heterocycles. The van der Waals surface area contributed by atoms with Gasteiger partial charge < -0.3 is 14.4 Å². The van der Waals surface area contributed by atoms with Gasteiger partial charge >= 0.3 is 0 Å². The topological polar surface area (TPSA) is 41.4 Å². The molecule has 0 saturated carbocycles. The first kappa shape index (κ1) is 17.6. The number of carbonyl (C=O) groups is 1. The first-order chi connectivity index (χ1) is 12.1. The Labute approximate surface area is 148 Å². The number of fused-ring (bicyclic) bond motifs is 1. The third-order valence-corrected chi connectivity index (χ3v) is 4.96. The van der Waals surface area contributed by atoms with Gasteiger partial charge in [-0.05, 0) is 37.7 Å². The summed E-state index contributed by atoms with van der Waals surface area (Å²) in [5.74, 6) is -0.509. The predicted octanol–water partition coefficient (Wildman–Crippen LogP) is 2.95. The molecule has 1 aliphatic rings. The molecule has 0 N–H and O–H groups in total. The summed E-state index contributed by atoms with van der Waals surface area (Å²) >= 11 is 0. The molecule has 0 radical (unpaired) electrons. The molecule has 0 bridgehead atoms. The number of hydrogen-bond donors (Lipinski definition) is 0. The second-order valence-corrected chi connectivity index (χ2v) is 6.46. The van der Waals surface area contributed by atoms with E-state index in [-0.39, 0.29) is 17.8 Å². The summed E-state index contributed by atoms with van der Waals surface area (Å²) in [5, 5.41) is 0. The lowest BCUT2D eigenvalue weighted by atomic mass is 10.1. The van der Waals surface area contributed by atoms with Crippen LogP contribution in [0.3, 0.4) is 0 Å². The summed E-state index contributed by atoms with van der Waals surface area (Å²) in [7, 11) is 0. The van der Waals surface area contributed by atoms with Gasteiger partial charge in [0.25, 0.3) is 5.91 Å². The number of hydrogen-bond acceptors (Lipinski definition) is 3. The molecular weight excluding hydrogens is 319 g/mol. The van der Waals surface area contributed by atoms with Gasteiger partial charge in [0.05, 0.1) is 24.6 Å². The number of carbonyl (C=O) groups excluding carboxylic acids is 1. The molecule has 6 heteroatoms. The maximum absolute atomic E-state index is 13.5. The van der Waals surface area contributed by atoms with Crippen LogP contribution in [-0.4, -0.2) is 51.4 Å². The van der Waals surface area contributed by atoms with Crippen LogP contribution in [0.15, 0.2) is 36.8 Å². The molecule has 5 nitrogen and oxygen atoms in total. The Balaban J connectivity index is 1.76. The highest BCUT2D eigenvalue weighted by atomic mass is 19.1. The minimum atomic E-state index is -0.383. The molecule has 1 aromatic carbocycles. The van der Waals surface area contributed by atoms with Crippen LogP contribution in [0.5, 0.6) is 0 Å². The maximum Gasteiger partial charge on any atom is 0.254 e. The molecule has 1 aliphatic heterocycles. The van der Waals surface area contributed by atoms with Gasteiger partial charge in [0.2, 0.25) is 0 Å². The van der Waals surface area contributed by atoms with E-state index in [1.54, 1.807) is 17.0 Å². The van der Waals surface area contributed by atoms with E-state index in [4.69, 9.17) is 0 Å². The Morgan fingerprint density at radius 3 is 2.88 bits per heavy atom. The fraction of sp³-hybridized carbons (Fsp3) is 0.474. The van der Waals surface area contributed by atoms with Crippen LogP contribution < -0.4 is 0 Å². The monoisotopic (exact) mass is 344 g/mol. The number of rotatable bonds is 6. The molecule has 1 unspecified atom stereocenters. The van der Waals surface area contributed by atoms with Gasteiger partial charge in [0.1, 0.15) is 5.82 Å². The van der Waals surface area contributed by atoms with Gasteiger partial charge in [-0.25, -0.2) is 9.37 Å². The molecule has 2 aromatic rings. The van der Waals surface area contributed by atoms with Crippen LogP contribution in [-0.2, 0) is 6.54 Å². The maximum atomic E-state index is 13.5. The Morgan fingerprint density at radius 2 is 2.16 bits per heavy atom. The lowest BCUT2D eigenvalue weighted by Crippen LogP contribution is -2.41. The molecule has 0 spiro atoms. The zero-order valence-electron chi connectivity index (χ0n) is 14.9. The number of amides is 1. The largest absolute Gasteiger partial charge is 0.331 e. The number of aromatic nitrogens is 2. The first-order valence-electron chi connectivity index (χ1n) is 8.90. The second-order valence-electron chi connectivity index (χ2n) is 6.46. The minimum Gasteiger partial charge on any atom is -0.331 e. The molecule has 0 fully saturated rings. The van der Waals surface area contributed by atoms with Crippen molar-refractivity contribution in [2.45, 2.75) is 32.9 Å². The van der Waals surface area contributed by atoms with E-state index in [2.05, 4.69) is 28.3 Å². The van der Waals surface area contributed by atoms with Crippen molar-refractivity contribution >= 4 is 5.91 Å². The van der Waals surface area contributed by atoms with Crippen molar-refractivity contribution in [3.05, 3.63) is 53.9 Å². The van der Waals surface area contributed by atoms with Crippen molar-refractivity contribution in [3.8, 4) is 0 Å². The van der Waals surface area contributed by atoms with Crippen molar-refractivity contribution < 1.29 is 9.18 Å². The van der Waals surface area contributed by atoms with Crippen molar-refractivity contribution in [2.24, 2.45) is 0 Å². The molecule has 3 rings (SSSR count). The number of benzene rings is 1. The quantitative estimate of drug-likeness (QED) is 0.809. The van der Waals surface area contributed by atoms with Crippen LogP contribution in [0.25, 0.3) is 0 Å². The average molecular weight is 344 g/mol. The van der Waals surface area contributed by atoms with Gasteiger partial charge in [-0.1, -0.05) is 19.9 Å². The third kappa shape index (κ3) is 3.90. The van der Waals surface area contributed by atoms with Crippen molar-refractivity contribution in [1.29, 1.82) is 0 Å². The zero-order valence-corrected chi connectivity index (χ0v) is 14.9. The van der Waals surface area contributed by atoms with Gasteiger partial charge in [0, 0.05) is 24.8 Å². The van der Waals surface area contributed by atoms with Crippen LogP contribution in [0.1, 0.15) is 42.4 Å².